The lowest BCUT2D eigenvalue weighted by atomic mass is 10.1. The van der Waals surface area contributed by atoms with Gasteiger partial charge in [0.1, 0.15) is 6.04 Å². The number of nitrogens with zero attached hydrogens (tertiary/aromatic N) is 2. The first-order valence-corrected chi connectivity index (χ1v) is 8.76. The van der Waals surface area contributed by atoms with Gasteiger partial charge in [-0.15, -0.1) is 0 Å². The number of halogens is 2. The van der Waals surface area contributed by atoms with Gasteiger partial charge in [-0.05, 0) is 42.7 Å². The van der Waals surface area contributed by atoms with Crippen LogP contribution in [0.15, 0.2) is 41.0 Å². The second-order valence-electron chi connectivity index (χ2n) is 6.08. The van der Waals surface area contributed by atoms with Crippen molar-refractivity contribution in [2.75, 3.05) is 13.6 Å². The number of hydrogen-bond acceptors (Lipinski definition) is 3. The number of rotatable bonds is 4. The monoisotopic (exact) mass is 380 g/mol. The van der Waals surface area contributed by atoms with Crippen LogP contribution in [0.2, 0.25) is 10.0 Å². The summed E-state index contributed by atoms with van der Waals surface area (Å²) >= 11 is 11.9. The van der Waals surface area contributed by atoms with E-state index in [-0.39, 0.29) is 17.6 Å². The van der Waals surface area contributed by atoms with Gasteiger partial charge in [0, 0.05) is 20.1 Å². The Kier molecular flexibility index (Phi) is 5.35. The summed E-state index contributed by atoms with van der Waals surface area (Å²) in [6, 6.07) is 8.09. The van der Waals surface area contributed by atoms with Crippen molar-refractivity contribution in [1.82, 2.24) is 9.80 Å². The van der Waals surface area contributed by atoms with E-state index in [1.54, 1.807) is 41.1 Å². The molecule has 1 aliphatic rings. The van der Waals surface area contributed by atoms with Crippen LogP contribution >= 0.6 is 23.2 Å². The molecular weight excluding hydrogens is 363 g/mol. The van der Waals surface area contributed by atoms with Gasteiger partial charge in [0.2, 0.25) is 5.91 Å². The van der Waals surface area contributed by atoms with Crippen LogP contribution in [0.4, 0.5) is 0 Å². The fourth-order valence-electron chi connectivity index (χ4n) is 3.05. The minimum Gasteiger partial charge on any atom is -0.459 e. The third-order valence-corrected chi connectivity index (χ3v) is 5.05. The lowest BCUT2D eigenvalue weighted by molar-refractivity contribution is -0.134. The van der Waals surface area contributed by atoms with Crippen molar-refractivity contribution < 1.29 is 14.0 Å². The lowest BCUT2D eigenvalue weighted by Crippen LogP contribution is -2.46. The van der Waals surface area contributed by atoms with Crippen LogP contribution in [0.3, 0.4) is 0 Å². The molecular formula is C18H18Cl2N2O3. The average molecular weight is 381 g/mol. The normalized spacial score (nSPS) is 16.9. The summed E-state index contributed by atoms with van der Waals surface area (Å²) in [7, 11) is 1.72. The molecule has 1 fully saturated rings. The zero-order valence-electron chi connectivity index (χ0n) is 13.7. The molecule has 0 N–H and O–H groups in total. The average Bonchev–Trinajstić information content (AvgIpc) is 3.28. The summed E-state index contributed by atoms with van der Waals surface area (Å²) in [5.74, 6) is -0.0842. The Bertz CT molecular complexity index is 777. The fraction of sp³-hybridized carbons (Fsp3) is 0.333. The quantitative estimate of drug-likeness (QED) is 0.809. The number of hydrogen-bond donors (Lipinski definition) is 0. The third kappa shape index (κ3) is 3.83. The van der Waals surface area contributed by atoms with Crippen LogP contribution < -0.4 is 0 Å². The smallest absolute Gasteiger partial charge is 0.290 e. The Labute approximate surface area is 156 Å². The Morgan fingerprint density at radius 2 is 2.08 bits per heavy atom. The van der Waals surface area contributed by atoms with Gasteiger partial charge in [-0.3, -0.25) is 9.59 Å². The Balaban J connectivity index is 1.70. The van der Waals surface area contributed by atoms with Gasteiger partial charge in [-0.25, -0.2) is 0 Å². The van der Waals surface area contributed by atoms with Crippen LogP contribution in [0.5, 0.6) is 0 Å². The summed E-state index contributed by atoms with van der Waals surface area (Å²) in [5.41, 5.74) is 0.882. The molecule has 2 heterocycles. The molecule has 0 saturated carbocycles. The molecule has 1 atom stereocenters. The standard InChI is InChI=1S/C18H18Cl2N2O3/c1-21(11-12-6-7-13(19)14(20)10-12)17(23)15-4-2-8-22(15)18(24)16-5-3-9-25-16/h3,5-7,9-10,15H,2,4,8,11H2,1H3. The molecule has 0 spiro atoms. The predicted octanol–water partition coefficient (Wildman–Crippen LogP) is 3.85. The highest BCUT2D eigenvalue weighted by Gasteiger charge is 2.36. The van der Waals surface area contributed by atoms with Crippen molar-refractivity contribution in [2.45, 2.75) is 25.4 Å². The van der Waals surface area contributed by atoms with Gasteiger partial charge >= 0.3 is 0 Å². The molecule has 7 heteroatoms. The van der Waals surface area contributed by atoms with E-state index >= 15 is 0 Å². The van der Waals surface area contributed by atoms with Crippen LogP contribution in [0, 0.1) is 0 Å². The van der Waals surface area contributed by atoms with E-state index < -0.39 is 6.04 Å². The lowest BCUT2D eigenvalue weighted by Gasteiger charge is -2.27. The first kappa shape index (κ1) is 17.8. The highest BCUT2D eigenvalue weighted by atomic mass is 35.5. The predicted molar refractivity (Wildman–Crippen MR) is 95.7 cm³/mol. The van der Waals surface area contributed by atoms with Gasteiger partial charge < -0.3 is 14.2 Å². The molecule has 3 rings (SSSR count). The van der Waals surface area contributed by atoms with E-state index in [1.165, 1.54) is 6.26 Å². The second kappa shape index (κ2) is 7.50. The number of furan rings is 1. The van der Waals surface area contributed by atoms with Gasteiger partial charge in [-0.1, -0.05) is 29.3 Å². The number of likely N-dealkylation sites (N-methyl/N-ethyl adjacent to an activating group) is 1. The Morgan fingerprint density at radius 3 is 2.76 bits per heavy atom. The van der Waals surface area contributed by atoms with Crippen molar-refractivity contribution in [3.05, 3.63) is 58.0 Å². The highest BCUT2D eigenvalue weighted by molar-refractivity contribution is 6.42. The van der Waals surface area contributed by atoms with Crippen molar-refractivity contribution in [3.63, 3.8) is 0 Å². The van der Waals surface area contributed by atoms with Crippen molar-refractivity contribution in [2.24, 2.45) is 0 Å². The molecule has 1 saturated heterocycles. The minimum absolute atomic E-state index is 0.0940. The zero-order chi connectivity index (χ0) is 18.0. The van der Waals surface area contributed by atoms with Crippen molar-refractivity contribution >= 4 is 35.0 Å². The fourth-order valence-corrected chi connectivity index (χ4v) is 3.37. The summed E-state index contributed by atoms with van der Waals surface area (Å²) in [6.45, 7) is 0.950. The molecule has 2 amide bonds. The number of benzene rings is 1. The van der Waals surface area contributed by atoms with Crippen LogP contribution in [-0.4, -0.2) is 41.2 Å². The molecule has 132 valence electrons. The Morgan fingerprint density at radius 1 is 1.28 bits per heavy atom. The number of carbonyl (C=O) groups is 2. The molecule has 1 aliphatic heterocycles. The largest absolute Gasteiger partial charge is 0.459 e. The molecule has 1 unspecified atom stereocenters. The van der Waals surface area contributed by atoms with Crippen molar-refractivity contribution in [3.8, 4) is 0 Å². The van der Waals surface area contributed by atoms with Crippen LogP contribution in [0.1, 0.15) is 29.0 Å². The van der Waals surface area contributed by atoms with E-state index in [0.29, 0.717) is 29.6 Å². The first-order valence-electron chi connectivity index (χ1n) is 8.00. The number of likely N-dealkylation sites (tertiary alicyclic amines) is 1. The summed E-state index contributed by atoms with van der Waals surface area (Å²) in [6.07, 6.45) is 2.90. The summed E-state index contributed by atoms with van der Waals surface area (Å²) in [5, 5.41) is 0.931. The summed E-state index contributed by atoms with van der Waals surface area (Å²) < 4.78 is 5.17. The van der Waals surface area contributed by atoms with E-state index in [1.807, 2.05) is 6.07 Å². The van der Waals surface area contributed by atoms with E-state index in [9.17, 15) is 9.59 Å². The maximum absolute atomic E-state index is 12.8. The maximum atomic E-state index is 12.8. The van der Waals surface area contributed by atoms with Gasteiger partial charge in [0.15, 0.2) is 5.76 Å². The SMILES string of the molecule is CN(Cc1ccc(Cl)c(Cl)c1)C(=O)C1CCCN1C(=O)c1ccco1. The van der Waals surface area contributed by atoms with E-state index in [2.05, 4.69) is 0 Å². The highest BCUT2D eigenvalue weighted by Crippen LogP contribution is 2.25. The molecule has 2 aromatic rings. The van der Waals surface area contributed by atoms with E-state index in [0.717, 1.165) is 12.0 Å². The molecule has 1 aromatic heterocycles. The first-order chi connectivity index (χ1) is 12.0. The molecule has 0 radical (unpaired) electrons. The minimum atomic E-state index is -0.467. The van der Waals surface area contributed by atoms with Gasteiger partial charge in [0.05, 0.1) is 16.3 Å². The zero-order valence-corrected chi connectivity index (χ0v) is 15.3. The third-order valence-electron chi connectivity index (χ3n) is 4.31. The van der Waals surface area contributed by atoms with Crippen LogP contribution in [-0.2, 0) is 11.3 Å². The molecule has 0 aliphatic carbocycles. The molecule has 25 heavy (non-hydrogen) atoms. The summed E-state index contributed by atoms with van der Waals surface area (Å²) in [4.78, 5) is 28.5. The van der Waals surface area contributed by atoms with Gasteiger partial charge in [0.25, 0.3) is 5.91 Å². The molecule has 1 aromatic carbocycles. The maximum Gasteiger partial charge on any atom is 0.290 e. The number of amides is 2. The van der Waals surface area contributed by atoms with E-state index in [4.69, 9.17) is 27.6 Å². The van der Waals surface area contributed by atoms with Crippen molar-refractivity contribution in [1.29, 1.82) is 0 Å². The molecule has 5 nitrogen and oxygen atoms in total. The number of carbonyl (C=O) groups excluding carboxylic acids is 2. The molecule has 0 bridgehead atoms. The second-order valence-corrected chi connectivity index (χ2v) is 6.89. The topological polar surface area (TPSA) is 53.8 Å². The Hall–Kier alpha value is -1.98. The van der Waals surface area contributed by atoms with Crippen LogP contribution in [0.25, 0.3) is 0 Å². The van der Waals surface area contributed by atoms with Gasteiger partial charge in [-0.2, -0.15) is 0 Å².